The molecule has 0 spiro atoms. The quantitative estimate of drug-likeness (QED) is 0.807. The minimum Gasteiger partial charge on any atom is -0.352 e. The average molecular weight is 281 g/mol. The summed E-state index contributed by atoms with van der Waals surface area (Å²) in [4.78, 5) is 14.3. The van der Waals surface area contributed by atoms with Crippen molar-refractivity contribution in [3.8, 4) is 0 Å². The van der Waals surface area contributed by atoms with E-state index in [1.807, 2.05) is 0 Å². The summed E-state index contributed by atoms with van der Waals surface area (Å²) in [6, 6.07) is 0.428. The van der Waals surface area contributed by atoms with Crippen LogP contribution in [0.5, 0.6) is 0 Å². The zero-order chi connectivity index (χ0) is 14.4. The van der Waals surface area contributed by atoms with Gasteiger partial charge in [0.2, 0.25) is 5.91 Å². The Kier molecular flexibility index (Phi) is 5.85. The van der Waals surface area contributed by atoms with Gasteiger partial charge in [0.25, 0.3) is 0 Å². The van der Waals surface area contributed by atoms with E-state index in [-0.39, 0.29) is 5.91 Å². The number of amides is 1. The van der Waals surface area contributed by atoms with E-state index < -0.39 is 0 Å². The molecule has 1 amide bonds. The van der Waals surface area contributed by atoms with Crippen LogP contribution in [0.2, 0.25) is 0 Å². The maximum atomic E-state index is 11.9. The van der Waals surface area contributed by atoms with Gasteiger partial charge in [0, 0.05) is 12.6 Å². The van der Waals surface area contributed by atoms with Crippen LogP contribution in [0, 0.1) is 5.41 Å². The molecule has 0 aromatic heterocycles. The van der Waals surface area contributed by atoms with Gasteiger partial charge in [0.05, 0.1) is 6.54 Å². The molecule has 1 aliphatic heterocycles. The van der Waals surface area contributed by atoms with Gasteiger partial charge in [-0.05, 0) is 51.2 Å². The Morgan fingerprint density at radius 3 is 2.50 bits per heavy atom. The maximum absolute atomic E-state index is 11.9. The van der Waals surface area contributed by atoms with Crippen molar-refractivity contribution in [2.45, 2.75) is 57.9 Å². The summed E-state index contributed by atoms with van der Waals surface area (Å²) >= 11 is 0. The molecule has 20 heavy (non-hydrogen) atoms. The van der Waals surface area contributed by atoms with Crippen LogP contribution in [-0.2, 0) is 4.79 Å². The molecular formula is C16H31N3O. The summed E-state index contributed by atoms with van der Waals surface area (Å²) in [5, 5.41) is 6.54. The second kappa shape index (κ2) is 7.41. The number of nitrogens with zero attached hydrogens (tertiary/aromatic N) is 1. The number of likely N-dealkylation sites (tertiary alicyclic amines) is 1. The molecule has 0 radical (unpaired) electrons. The predicted molar refractivity (Wildman–Crippen MR) is 82.7 cm³/mol. The predicted octanol–water partition coefficient (Wildman–Crippen LogP) is 1.76. The van der Waals surface area contributed by atoms with Crippen LogP contribution in [0.3, 0.4) is 0 Å². The summed E-state index contributed by atoms with van der Waals surface area (Å²) < 4.78 is 0. The first-order chi connectivity index (χ1) is 9.57. The number of hydrogen-bond donors (Lipinski definition) is 2. The molecule has 0 atom stereocenters. The second-order valence-electron chi connectivity index (χ2n) is 7.12. The SMILES string of the molecule is CN1CCC(C)(CNCC(=O)NC2CCCCC2)CC1. The van der Waals surface area contributed by atoms with Crippen molar-refractivity contribution in [1.82, 2.24) is 15.5 Å². The highest BCUT2D eigenvalue weighted by Crippen LogP contribution is 2.29. The smallest absolute Gasteiger partial charge is 0.234 e. The van der Waals surface area contributed by atoms with Gasteiger partial charge in [0.1, 0.15) is 0 Å². The largest absolute Gasteiger partial charge is 0.352 e. The Labute approximate surface area is 123 Å². The molecule has 0 unspecified atom stereocenters. The molecule has 4 nitrogen and oxygen atoms in total. The number of rotatable bonds is 5. The van der Waals surface area contributed by atoms with Gasteiger partial charge in [-0.3, -0.25) is 4.79 Å². The lowest BCUT2D eigenvalue weighted by Crippen LogP contribution is -2.46. The third kappa shape index (κ3) is 5.06. The Morgan fingerprint density at radius 2 is 1.85 bits per heavy atom. The molecule has 1 saturated heterocycles. The van der Waals surface area contributed by atoms with Gasteiger partial charge in [-0.2, -0.15) is 0 Å². The molecule has 2 rings (SSSR count). The molecular weight excluding hydrogens is 250 g/mol. The van der Waals surface area contributed by atoms with E-state index in [4.69, 9.17) is 0 Å². The molecule has 0 aromatic rings. The van der Waals surface area contributed by atoms with Crippen LogP contribution in [0.25, 0.3) is 0 Å². The lowest BCUT2D eigenvalue weighted by Gasteiger charge is -2.38. The molecule has 116 valence electrons. The highest BCUT2D eigenvalue weighted by atomic mass is 16.1. The molecule has 1 aliphatic carbocycles. The third-order valence-corrected chi connectivity index (χ3v) is 5.00. The Hall–Kier alpha value is -0.610. The van der Waals surface area contributed by atoms with Gasteiger partial charge >= 0.3 is 0 Å². The lowest BCUT2D eigenvalue weighted by molar-refractivity contribution is -0.121. The molecule has 1 heterocycles. The van der Waals surface area contributed by atoms with Gasteiger partial charge in [0.15, 0.2) is 0 Å². The maximum Gasteiger partial charge on any atom is 0.234 e. The van der Waals surface area contributed by atoms with Crippen molar-refractivity contribution in [3.05, 3.63) is 0 Å². The van der Waals surface area contributed by atoms with E-state index in [2.05, 4.69) is 29.5 Å². The van der Waals surface area contributed by atoms with Crippen molar-refractivity contribution in [2.75, 3.05) is 33.2 Å². The summed E-state index contributed by atoms with van der Waals surface area (Å²) in [6.07, 6.45) is 8.64. The van der Waals surface area contributed by atoms with E-state index in [1.165, 1.54) is 45.2 Å². The molecule has 2 aliphatic rings. The summed E-state index contributed by atoms with van der Waals surface area (Å²) in [5.74, 6) is 0.174. The van der Waals surface area contributed by atoms with E-state index in [0.29, 0.717) is 18.0 Å². The van der Waals surface area contributed by atoms with Gasteiger partial charge in [-0.1, -0.05) is 26.2 Å². The van der Waals surface area contributed by atoms with Crippen molar-refractivity contribution < 1.29 is 4.79 Å². The molecule has 4 heteroatoms. The van der Waals surface area contributed by atoms with Crippen LogP contribution >= 0.6 is 0 Å². The van der Waals surface area contributed by atoms with Gasteiger partial charge in [-0.15, -0.1) is 0 Å². The second-order valence-corrected chi connectivity index (χ2v) is 7.12. The summed E-state index contributed by atoms with van der Waals surface area (Å²) in [7, 11) is 2.19. The zero-order valence-corrected chi connectivity index (χ0v) is 13.2. The molecule has 2 fully saturated rings. The molecule has 2 N–H and O–H groups in total. The van der Waals surface area contributed by atoms with Crippen LogP contribution in [-0.4, -0.2) is 50.1 Å². The van der Waals surface area contributed by atoms with E-state index in [0.717, 1.165) is 19.4 Å². The molecule has 1 saturated carbocycles. The number of carbonyl (C=O) groups excluding carboxylic acids is 1. The van der Waals surface area contributed by atoms with Crippen molar-refractivity contribution in [2.24, 2.45) is 5.41 Å². The Bertz CT molecular complexity index is 305. The number of carbonyl (C=O) groups is 1. The lowest BCUT2D eigenvalue weighted by atomic mass is 9.80. The fourth-order valence-corrected chi connectivity index (χ4v) is 3.34. The minimum absolute atomic E-state index is 0.174. The minimum atomic E-state index is 0.174. The van der Waals surface area contributed by atoms with E-state index in [1.54, 1.807) is 0 Å². The van der Waals surface area contributed by atoms with E-state index >= 15 is 0 Å². The standard InChI is InChI=1S/C16H31N3O/c1-16(8-10-19(2)11-9-16)13-17-12-15(20)18-14-6-4-3-5-7-14/h14,17H,3-13H2,1-2H3,(H,18,20). The van der Waals surface area contributed by atoms with Crippen molar-refractivity contribution in [1.29, 1.82) is 0 Å². The number of hydrogen-bond acceptors (Lipinski definition) is 3. The van der Waals surface area contributed by atoms with Gasteiger partial charge in [-0.25, -0.2) is 0 Å². The first-order valence-electron chi connectivity index (χ1n) is 8.26. The fraction of sp³-hybridized carbons (Fsp3) is 0.938. The van der Waals surface area contributed by atoms with Crippen LogP contribution in [0.1, 0.15) is 51.9 Å². The zero-order valence-electron chi connectivity index (χ0n) is 13.2. The number of piperidine rings is 1. The van der Waals surface area contributed by atoms with Crippen LogP contribution in [0.15, 0.2) is 0 Å². The molecule has 0 aromatic carbocycles. The fourth-order valence-electron chi connectivity index (χ4n) is 3.34. The monoisotopic (exact) mass is 281 g/mol. The van der Waals surface area contributed by atoms with Crippen LogP contribution < -0.4 is 10.6 Å². The normalized spacial score (nSPS) is 24.5. The first-order valence-corrected chi connectivity index (χ1v) is 8.26. The topological polar surface area (TPSA) is 44.4 Å². The highest BCUT2D eigenvalue weighted by molar-refractivity contribution is 5.78. The first kappa shape index (κ1) is 15.8. The summed E-state index contributed by atoms with van der Waals surface area (Å²) in [6.45, 7) is 6.12. The van der Waals surface area contributed by atoms with Crippen LogP contribution in [0.4, 0.5) is 0 Å². The van der Waals surface area contributed by atoms with Crippen molar-refractivity contribution >= 4 is 5.91 Å². The Morgan fingerprint density at radius 1 is 1.20 bits per heavy atom. The van der Waals surface area contributed by atoms with Crippen molar-refractivity contribution in [3.63, 3.8) is 0 Å². The number of nitrogens with one attached hydrogen (secondary N) is 2. The summed E-state index contributed by atoms with van der Waals surface area (Å²) in [5.41, 5.74) is 0.359. The van der Waals surface area contributed by atoms with E-state index in [9.17, 15) is 4.79 Å². The highest BCUT2D eigenvalue weighted by Gasteiger charge is 2.28. The Balaban J connectivity index is 1.61. The van der Waals surface area contributed by atoms with Gasteiger partial charge < -0.3 is 15.5 Å². The third-order valence-electron chi connectivity index (χ3n) is 5.00. The average Bonchev–Trinajstić information content (AvgIpc) is 2.44. The molecule has 0 bridgehead atoms.